The second-order valence-electron chi connectivity index (χ2n) is 3.12. The first-order valence-electron chi connectivity index (χ1n) is 4.04. The van der Waals surface area contributed by atoms with Crippen molar-refractivity contribution in [2.45, 2.75) is 24.9 Å². The highest BCUT2D eigenvalue weighted by molar-refractivity contribution is 7.85. The monoisotopic (exact) mass is 218 g/mol. The molecule has 3 nitrogen and oxygen atoms in total. The van der Waals surface area contributed by atoms with Crippen LogP contribution in [0.3, 0.4) is 0 Å². The summed E-state index contributed by atoms with van der Waals surface area (Å²) in [5.41, 5.74) is 0.740. The van der Waals surface area contributed by atoms with Crippen LogP contribution >= 0.6 is 0 Å². The van der Waals surface area contributed by atoms with Gasteiger partial charge in [0.05, 0.1) is 4.90 Å². The van der Waals surface area contributed by atoms with E-state index in [2.05, 4.69) is 0 Å². The van der Waals surface area contributed by atoms with Gasteiger partial charge in [0, 0.05) is 0 Å². The van der Waals surface area contributed by atoms with Gasteiger partial charge in [-0.1, -0.05) is 12.1 Å². The average Bonchev–Trinajstić information content (AvgIpc) is 2.01. The van der Waals surface area contributed by atoms with E-state index < -0.39 is 16.3 Å². The normalized spacial score (nSPS) is 14.0. The van der Waals surface area contributed by atoms with Crippen molar-refractivity contribution in [3.63, 3.8) is 0 Å². The number of rotatable bonds is 2. The molecule has 0 aliphatic rings. The molecule has 0 spiro atoms. The lowest BCUT2D eigenvalue weighted by atomic mass is 10.1. The number of hydrogen-bond donors (Lipinski definition) is 1. The van der Waals surface area contributed by atoms with E-state index in [-0.39, 0.29) is 4.90 Å². The molecule has 14 heavy (non-hydrogen) atoms. The minimum Gasteiger partial charge on any atom is -0.282 e. The zero-order valence-corrected chi connectivity index (χ0v) is 8.68. The molecular formula is C9H11FO3S. The fourth-order valence-corrected chi connectivity index (χ4v) is 1.92. The molecule has 0 radical (unpaired) electrons. The fourth-order valence-electron chi connectivity index (χ4n) is 1.21. The molecule has 0 aliphatic heterocycles. The summed E-state index contributed by atoms with van der Waals surface area (Å²) in [4.78, 5) is -0.179. The van der Waals surface area contributed by atoms with E-state index in [1.807, 2.05) is 0 Å². The Kier molecular flexibility index (Phi) is 2.92. The van der Waals surface area contributed by atoms with Crippen LogP contribution < -0.4 is 0 Å². The van der Waals surface area contributed by atoms with Crippen LogP contribution in [-0.4, -0.2) is 13.0 Å². The van der Waals surface area contributed by atoms with Gasteiger partial charge in [-0.2, -0.15) is 8.42 Å². The zero-order valence-electron chi connectivity index (χ0n) is 7.86. The Balaban J connectivity index is 3.28. The lowest BCUT2D eigenvalue weighted by Gasteiger charge is -2.06. The van der Waals surface area contributed by atoms with Gasteiger partial charge >= 0.3 is 0 Å². The first-order valence-corrected chi connectivity index (χ1v) is 5.48. The maximum absolute atomic E-state index is 12.8. The molecule has 1 N–H and O–H groups in total. The van der Waals surface area contributed by atoms with Gasteiger partial charge in [0.25, 0.3) is 10.1 Å². The Bertz CT molecular complexity index is 437. The smallest absolute Gasteiger partial charge is 0.282 e. The summed E-state index contributed by atoms with van der Waals surface area (Å²) in [6, 6.07) is 3.96. The molecule has 0 heterocycles. The summed E-state index contributed by atoms with van der Waals surface area (Å²) in [6.45, 7) is 2.87. The van der Waals surface area contributed by atoms with E-state index in [1.54, 1.807) is 0 Å². The highest BCUT2D eigenvalue weighted by Gasteiger charge is 2.14. The van der Waals surface area contributed by atoms with Crippen LogP contribution in [0.4, 0.5) is 4.39 Å². The molecule has 0 saturated heterocycles. The summed E-state index contributed by atoms with van der Waals surface area (Å²) < 4.78 is 43.2. The third-order valence-electron chi connectivity index (χ3n) is 1.94. The molecule has 0 aliphatic carbocycles. The van der Waals surface area contributed by atoms with Crippen LogP contribution in [0.2, 0.25) is 0 Å². The molecule has 0 saturated carbocycles. The topological polar surface area (TPSA) is 54.4 Å². The van der Waals surface area contributed by atoms with Crippen molar-refractivity contribution in [3.05, 3.63) is 29.3 Å². The Labute approximate surface area is 82.3 Å². The minimum absolute atomic E-state index is 0.179. The van der Waals surface area contributed by atoms with Crippen molar-refractivity contribution in [1.29, 1.82) is 0 Å². The standard InChI is InChI=1S/C9H11FO3S/c1-6-5-8(7(2)10)3-4-9(6)14(11,12)13/h3-5,7H,1-2H3,(H,11,12,13). The van der Waals surface area contributed by atoms with Gasteiger partial charge in [-0.05, 0) is 31.0 Å². The Morgan fingerprint density at radius 2 is 2.00 bits per heavy atom. The van der Waals surface area contributed by atoms with E-state index in [9.17, 15) is 12.8 Å². The molecule has 5 heteroatoms. The molecule has 1 unspecified atom stereocenters. The SMILES string of the molecule is Cc1cc(C(C)F)ccc1S(=O)(=O)O. The Morgan fingerprint density at radius 3 is 2.36 bits per heavy atom. The summed E-state index contributed by atoms with van der Waals surface area (Å²) in [5.74, 6) is 0. The lowest BCUT2D eigenvalue weighted by Crippen LogP contribution is -2.01. The van der Waals surface area contributed by atoms with Crippen molar-refractivity contribution in [1.82, 2.24) is 0 Å². The zero-order chi connectivity index (χ0) is 10.9. The summed E-state index contributed by atoms with van der Waals surface area (Å²) >= 11 is 0. The van der Waals surface area contributed by atoms with Crippen LogP contribution in [-0.2, 0) is 10.1 Å². The van der Waals surface area contributed by atoms with Crippen LogP contribution in [0.5, 0.6) is 0 Å². The second kappa shape index (κ2) is 3.67. The van der Waals surface area contributed by atoms with Crippen LogP contribution in [0.1, 0.15) is 24.2 Å². The molecule has 1 rings (SSSR count). The van der Waals surface area contributed by atoms with Crippen molar-refractivity contribution >= 4 is 10.1 Å². The summed E-state index contributed by atoms with van der Waals surface area (Å²) in [6.07, 6.45) is -1.15. The molecule has 78 valence electrons. The van der Waals surface area contributed by atoms with Gasteiger partial charge in [-0.15, -0.1) is 0 Å². The number of aryl methyl sites for hydroxylation is 1. The van der Waals surface area contributed by atoms with E-state index >= 15 is 0 Å². The Hall–Kier alpha value is -0.940. The number of benzene rings is 1. The predicted octanol–water partition coefficient (Wildman–Crippen LogP) is 2.27. The number of hydrogen-bond acceptors (Lipinski definition) is 2. The molecule has 1 atom stereocenters. The van der Waals surface area contributed by atoms with Gasteiger partial charge in [-0.25, -0.2) is 4.39 Å². The van der Waals surface area contributed by atoms with Gasteiger partial charge in [0.1, 0.15) is 6.17 Å². The van der Waals surface area contributed by atoms with E-state index in [4.69, 9.17) is 4.55 Å². The lowest BCUT2D eigenvalue weighted by molar-refractivity contribution is 0.373. The maximum Gasteiger partial charge on any atom is 0.294 e. The average molecular weight is 218 g/mol. The number of alkyl halides is 1. The van der Waals surface area contributed by atoms with E-state index in [0.717, 1.165) is 0 Å². The predicted molar refractivity (Wildman–Crippen MR) is 50.5 cm³/mol. The van der Waals surface area contributed by atoms with Crippen LogP contribution in [0.25, 0.3) is 0 Å². The van der Waals surface area contributed by atoms with E-state index in [0.29, 0.717) is 11.1 Å². The van der Waals surface area contributed by atoms with Crippen LogP contribution in [0, 0.1) is 6.92 Å². The molecule has 1 aromatic carbocycles. The third kappa shape index (κ3) is 2.30. The van der Waals surface area contributed by atoms with Crippen molar-refractivity contribution < 1.29 is 17.4 Å². The highest BCUT2D eigenvalue weighted by atomic mass is 32.2. The second-order valence-corrected chi connectivity index (χ2v) is 4.51. The van der Waals surface area contributed by atoms with Gasteiger partial charge in [0.2, 0.25) is 0 Å². The first-order chi connectivity index (χ1) is 6.32. The van der Waals surface area contributed by atoms with Gasteiger partial charge < -0.3 is 0 Å². The van der Waals surface area contributed by atoms with Crippen molar-refractivity contribution in [2.75, 3.05) is 0 Å². The third-order valence-corrected chi connectivity index (χ3v) is 2.95. The molecule has 0 bridgehead atoms. The largest absolute Gasteiger partial charge is 0.294 e. The van der Waals surface area contributed by atoms with E-state index in [1.165, 1.54) is 32.0 Å². The van der Waals surface area contributed by atoms with Gasteiger partial charge in [0.15, 0.2) is 0 Å². The first kappa shape index (κ1) is 11.1. The summed E-state index contributed by atoms with van der Waals surface area (Å²) in [7, 11) is -4.20. The summed E-state index contributed by atoms with van der Waals surface area (Å²) in [5, 5.41) is 0. The molecular weight excluding hydrogens is 207 g/mol. The Morgan fingerprint density at radius 1 is 1.43 bits per heavy atom. The van der Waals surface area contributed by atoms with Crippen molar-refractivity contribution in [2.24, 2.45) is 0 Å². The van der Waals surface area contributed by atoms with Crippen molar-refractivity contribution in [3.8, 4) is 0 Å². The fraction of sp³-hybridized carbons (Fsp3) is 0.333. The molecule has 0 amide bonds. The van der Waals surface area contributed by atoms with Crippen LogP contribution in [0.15, 0.2) is 23.1 Å². The van der Waals surface area contributed by atoms with Gasteiger partial charge in [-0.3, -0.25) is 4.55 Å². The quantitative estimate of drug-likeness (QED) is 0.775. The molecule has 0 aromatic heterocycles. The molecule has 1 aromatic rings. The maximum atomic E-state index is 12.8. The molecule has 0 fully saturated rings. The minimum atomic E-state index is -4.20. The number of halogens is 1. The highest BCUT2D eigenvalue weighted by Crippen LogP contribution is 2.22.